The van der Waals surface area contributed by atoms with Gasteiger partial charge in [-0.05, 0) is 0 Å². The average Bonchev–Trinajstić information content (AvgIpc) is 3.24. The maximum atomic E-state index is 3.72. The van der Waals surface area contributed by atoms with Gasteiger partial charge in [0, 0.05) is 0 Å². The number of hydrogen-bond acceptors (Lipinski definition) is 0. The summed E-state index contributed by atoms with van der Waals surface area (Å²) in [5, 5.41) is 0. The van der Waals surface area contributed by atoms with Gasteiger partial charge < -0.3 is 0 Å². The molecule has 0 N–H and O–H groups in total. The molecule has 0 bridgehead atoms. The molecule has 0 nitrogen and oxygen atoms in total. The zero-order valence-electron chi connectivity index (χ0n) is 23.2. The molecule has 0 spiro atoms. The van der Waals surface area contributed by atoms with E-state index in [0.717, 1.165) is 16.7 Å². The van der Waals surface area contributed by atoms with Crippen LogP contribution < -0.4 is 0 Å². The Hall–Kier alpha value is -2.67. The molecular weight excluding hydrogens is 480 g/mol. The predicted octanol–water partition coefficient (Wildman–Crippen LogP) is 9.58. The Bertz CT molecular complexity index is 928. The average molecular weight is 525 g/mol. The number of rotatable bonds is 3. The van der Waals surface area contributed by atoms with E-state index in [-0.39, 0.29) is 21.7 Å². The van der Waals surface area contributed by atoms with Gasteiger partial charge in [0.2, 0.25) is 0 Å². The van der Waals surface area contributed by atoms with E-state index in [1.165, 1.54) is 44.9 Å². The molecule has 37 heavy (non-hydrogen) atoms. The topological polar surface area (TPSA) is 0 Å². The zero-order valence-corrected chi connectivity index (χ0v) is 24.8. The summed E-state index contributed by atoms with van der Waals surface area (Å²) in [4.78, 5) is 0. The van der Waals surface area contributed by atoms with E-state index in [1.807, 2.05) is 91.0 Å². The summed E-state index contributed by atoms with van der Waals surface area (Å²) in [6.45, 7) is 18.1. The van der Waals surface area contributed by atoms with Crippen LogP contribution in [0.3, 0.4) is 0 Å². The van der Waals surface area contributed by atoms with Crippen LogP contribution in [0.1, 0.15) is 78.1 Å². The summed E-state index contributed by atoms with van der Waals surface area (Å²) in [6, 6.07) is 29.6. The van der Waals surface area contributed by atoms with Crippen LogP contribution in [0.25, 0.3) is 0 Å². The Kier molecular flexibility index (Phi) is 16.2. The molecule has 0 aromatic heterocycles. The van der Waals surface area contributed by atoms with Crippen LogP contribution in [0.4, 0.5) is 0 Å². The summed E-state index contributed by atoms with van der Waals surface area (Å²) < 4.78 is 0. The molecule has 1 heteroatoms. The van der Waals surface area contributed by atoms with Crippen LogP contribution >= 0.6 is 0 Å². The normalized spacial score (nSPS) is 11.1. The van der Waals surface area contributed by atoms with E-state index < -0.39 is 0 Å². The Balaban J connectivity index is 0.000000264. The molecule has 0 unspecified atom stereocenters. The molecule has 0 radical (unpaired) electrons. The minimum atomic E-state index is 0. The molecule has 4 aromatic rings. The molecule has 0 aliphatic heterocycles. The number of hydrogen-bond donors (Lipinski definition) is 0. The molecule has 0 saturated heterocycles. The molecule has 0 heterocycles. The summed E-state index contributed by atoms with van der Waals surface area (Å²) in [6.07, 6.45) is 9.25. The van der Waals surface area contributed by atoms with Gasteiger partial charge in [-0.25, -0.2) is 0 Å². The van der Waals surface area contributed by atoms with Crippen LogP contribution in [0.2, 0.25) is 0 Å². The predicted molar refractivity (Wildman–Crippen MR) is 160 cm³/mol. The molecule has 1 aliphatic rings. The summed E-state index contributed by atoms with van der Waals surface area (Å²) in [5.74, 6) is 0. The van der Waals surface area contributed by atoms with Crippen LogP contribution in [0, 0.1) is 20.8 Å². The maximum Gasteiger partial charge on any atom is 4.00 e. The van der Waals surface area contributed by atoms with E-state index in [2.05, 4.69) is 41.5 Å². The smallest absolute Gasteiger partial charge is 0.199 e. The van der Waals surface area contributed by atoms with Gasteiger partial charge >= 0.3 is 21.7 Å². The van der Waals surface area contributed by atoms with E-state index in [1.54, 1.807) is 27.8 Å². The first-order chi connectivity index (χ1) is 17.5. The van der Waals surface area contributed by atoms with E-state index in [4.69, 9.17) is 0 Å². The van der Waals surface area contributed by atoms with Crippen LogP contribution in [0.15, 0.2) is 91.0 Å². The van der Waals surface area contributed by atoms with Gasteiger partial charge in [-0.1, -0.05) is 83.9 Å². The summed E-state index contributed by atoms with van der Waals surface area (Å²) in [7, 11) is 0. The first kappa shape index (κ1) is 32.4. The fourth-order valence-corrected chi connectivity index (χ4v) is 4.83. The summed E-state index contributed by atoms with van der Waals surface area (Å²) >= 11 is 0. The monoisotopic (exact) mass is 524 g/mol. The second-order valence-electron chi connectivity index (χ2n) is 9.12. The van der Waals surface area contributed by atoms with Crippen molar-refractivity contribution in [1.82, 2.24) is 0 Å². The first-order valence-corrected chi connectivity index (χ1v) is 13.4. The molecule has 0 amide bonds. The molecule has 4 aromatic carbocycles. The molecule has 5 rings (SSSR count). The molecule has 1 aliphatic carbocycles. The van der Waals surface area contributed by atoms with Crippen molar-refractivity contribution >= 4 is 0 Å². The molecule has 0 atom stereocenters. The van der Waals surface area contributed by atoms with Gasteiger partial charge in [0.25, 0.3) is 0 Å². The largest absolute Gasteiger partial charge is 4.00 e. The standard InChI is InChI=1S/C15H23.3C7H7.Ti/c1-4-11-12(5-2)14-9-7-8-10-15(14)13(11)6-3;3*1-7-5-3-2-4-6-7;/h4-10H2,1-3H3;3*2-6H,1H2;/q4*-1;+4. The Morgan fingerprint density at radius 1 is 0.595 bits per heavy atom. The maximum absolute atomic E-state index is 3.72. The van der Waals surface area contributed by atoms with E-state index >= 15 is 0 Å². The molecule has 0 fully saturated rings. The van der Waals surface area contributed by atoms with Gasteiger partial charge in [-0.2, -0.15) is 102 Å². The third kappa shape index (κ3) is 11.1. The van der Waals surface area contributed by atoms with Crippen LogP contribution in [-0.4, -0.2) is 0 Å². The van der Waals surface area contributed by atoms with Crippen molar-refractivity contribution in [2.24, 2.45) is 0 Å². The van der Waals surface area contributed by atoms with Crippen molar-refractivity contribution in [2.45, 2.75) is 65.7 Å². The molecule has 192 valence electrons. The van der Waals surface area contributed by atoms with Crippen molar-refractivity contribution in [3.05, 3.63) is 156 Å². The minimum Gasteiger partial charge on any atom is -0.199 e. The van der Waals surface area contributed by atoms with Crippen LogP contribution in [0.5, 0.6) is 0 Å². The third-order valence-electron chi connectivity index (χ3n) is 6.51. The first-order valence-electron chi connectivity index (χ1n) is 13.4. The van der Waals surface area contributed by atoms with Gasteiger partial charge in [0.05, 0.1) is 0 Å². The quantitative estimate of drug-likeness (QED) is 0.185. The molecule has 0 saturated carbocycles. The van der Waals surface area contributed by atoms with Crippen molar-refractivity contribution in [1.29, 1.82) is 0 Å². The Morgan fingerprint density at radius 2 is 1.00 bits per heavy atom. The minimum absolute atomic E-state index is 0. The fraction of sp³-hybridized carbons (Fsp3) is 0.278. The van der Waals surface area contributed by atoms with Gasteiger partial charge in [-0.15, -0.1) is 36.4 Å². The summed E-state index contributed by atoms with van der Waals surface area (Å²) in [5.41, 5.74) is 11.8. The molecular formula is C36H44Ti. The Morgan fingerprint density at radius 3 is 1.30 bits per heavy atom. The van der Waals surface area contributed by atoms with Crippen molar-refractivity contribution in [3.8, 4) is 0 Å². The second-order valence-corrected chi connectivity index (χ2v) is 9.12. The fourth-order valence-electron chi connectivity index (χ4n) is 4.83. The van der Waals surface area contributed by atoms with Gasteiger partial charge in [-0.3, -0.25) is 0 Å². The third-order valence-corrected chi connectivity index (χ3v) is 6.51. The second kappa shape index (κ2) is 18.6. The van der Waals surface area contributed by atoms with Crippen molar-refractivity contribution < 1.29 is 21.7 Å². The van der Waals surface area contributed by atoms with Gasteiger partial charge in [0.1, 0.15) is 0 Å². The van der Waals surface area contributed by atoms with Crippen LogP contribution in [-0.2, 0) is 53.8 Å². The zero-order chi connectivity index (χ0) is 26.2. The Labute approximate surface area is 242 Å². The van der Waals surface area contributed by atoms with Crippen molar-refractivity contribution in [2.75, 3.05) is 0 Å². The number of benzene rings is 3. The van der Waals surface area contributed by atoms with E-state index in [9.17, 15) is 0 Å². The van der Waals surface area contributed by atoms with Crippen molar-refractivity contribution in [3.63, 3.8) is 0 Å². The number of fused-ring (bicyclic) bond motifs is 1. The SMILES string of the molecule is CCc1c2c([c-](CC)c1CC)CCCC2.[CH2-]c1ccccc1.[CH2-]c1ccccc1.[CH2-]c1ccccc1.[Ti+4]. The van der Waals surface area contributed by atoms with Gasteiger partial charge in [0.15, 0.2) is 0 Å². The van der Waals surface area contributed by atoms with E-state index in [0.29, 0.717) is 0 Å².